The van der Waals surface area contributed by atoms with Gasteiger partial charge in [-0.05, 0) is 53.6 Å². The number of nitrogens with one attached hydrogen (secondary N) is 2. The Morgan fingerprint density at radius 1 is 1.39 bits per heavy atom. The van der Waals surface area contributed by atoms with Gasteiger partial charge >= 0.3 is 0 Å². The highest BCUT2D eigenvalue weighted by Crippen LogP contribution is 2.22. The third-order valence-corrected chi connectivity index (χ3v) is 4.52. The maximum Gasteiger partial charge on any atom is 0.239 e. The van der Waals surface area contributed by atoms with E-state index in [9.17, 15) is 4.79 Å². The molecule has 0 spiro atoms. The lowest BCUT2D eigenvalue weighted by atomic mass is 10.2. The molecule has 1 aromatic carbocycles. The molecule has 0 saturated heterocycles. The molecule has 1 aliphatic carbocycles. The molecule has 1 fully saturated rings. The van der Waals surface area contributed by atoms with Crippen LogP contribution in [0.1, 0.15) is 25.7 Å². The molecule has 0 aliphatic heterocycles. The molecule has 18 heavy (non-hydrogen) atoms. The predicted molar refractivity (Wildman–Crippen MR) is 85.7 cm³/mol. The lowest BCUT2D eigenvalue weighted by Crippen LogP contribution is -2.36. The van der Waals surface area contributed by atoms with Gasteiger partial charge in [-0.25, -0.2) is 0 Å². The van der Waals surface area contributed by atoms with E-state index in [-0.39, 0.29) is 5.91 Å². The fraction of sp³-hybridized carbons (Fsp3) is 0.462. The summed E-state index contributed by atoms with van der Waals surface area (Å²) in [6, 6.07) is 6.39. The summed E-state index contributed by atoms with van der Waals surface area (Å²) >= 11 is 5.69. The van der Waals surface area contributed by atoms with Crippen molar-refractivity contribution in [3.8, 4) is 0 Å². The zero-order valence-electron chi connectivity index (χ0n) is 10.0. The second kappa shape index (κ2) is 6.75. The molecule has 1 amide bonds. The first-order valence-electron chi connectivity index (χ1n) is 6.13. The van der Waals surface area contributed by atoms with Gasteiger partial charge in [0.1, 0.15) is 0 Å². The number of anilines is 1. The summed E-state index contributed by atoms with van der Waals surface area (Å²) in [7, 11) is 0. The average molecular weight is 423 g/mol. The van der Waals surface area contributed by atoms with E-state index in [0.29, 0.717) is 12.6 Å². The number of rotatable bonds is 4. The molecular formula is C13H16BrIN2O. The van der Waals surface area contributed by atoms with Gasteiger partial charge in [0.2, 0.25) is 5.91 Å². The van der Waals surface area contributed by atoms with Crippen molar-refractivity contribution in [3.63, 3.8) is 0 Å². The van der Waals surface area contributed by atoms with Crippen LogP contribution in [-0.4, -0.2) is 18.5 Å². The van der Waals surface area contributed by atoms with Crippen LogP contribution < -0.4 is 10.6 Å². The number of benzene rings is 1. The summed E-state index contributed by atoms with van der Waals surface area (Å²) in [5.41, 5.74) is 0.992. The van der Waals surface area contributed by atoms with E-state index in [2.05, 4.69) is 49.2 Å². The Morgan fingerprint density at radius 2 is 2.11 bits per heavy atom. The van der Waals surface area contributed by atoms with Crippen molar-refractivity contribution in [2.24, 2.45) is 0 Å². The van der Waals surface area contributed by atoms with E-state index >= 15 is 0 Å². The topological polar surface area (TPSA) is 41.1 Å². The van der Waals surface area contributed by atoms with Crippen LogP contribution in [-0.2, 0) is 4.79 Å². The molecule has 3 nitrogen and oxygen atoms in total. The van der Waals surface area contributed by atoms with Crippen LogP contribution in [0.15, 0.2) is 22.7 Å². The fourth-order valence-corrected chi connectivity index (χ4v) is 3.04. The minimum Gasteiger partial charge on any atom is -0.375 e. The normalized spacial score (nSPS) is 15.7. The highest BCUT2D eigenvalue weighted by Gasteiger charge is 2.16. The molecule has 98 valence electrons. The quantitative estimate of drug-likeness (QED) is 0.729. The first kappa shape index (κ1) is 14.1. The number of carbonyl (C=O) groups excluding carboxylic acids is 1. The second-order valence-electron chi connectivity index (χ2n) is 4.53. The number of halogens is 2. The Hall–Kier alpha value is -0.300. The highest BCUT2D eigenvalue weighted by molar-refractivity contribution is 14.1. The van der Waals surface area contributed by atoms with Gasteiger partial charge < -0.3 is 10.6 Å². The van der Waals surface area contributed by atoms with E-state index in [1.54, 1.807) is 0 Å². The van der Waals surface area contributed by atoms with Gasteiger partial charge in [-0.1, -0.05) is 28.8 Å². The Balaban J connectivity index is 1.83. The molecule has 2 rings (SSSR count). The number of carbonyl (C=O) groups is 1. The average Bonchev–Trinajstić information content (AvgIpc) is 2.83. The van der Waals surface area contributed by atoms with Crippen LogP contribution in [0.2, 0.25) is 0 Å². The minimum absolute atomic E-state index is 0.0812. The van der Waals surface area contributed by atoms with Gasteiger partial charge in [0.25, 0.3) is 0 Å². The molecule has 0 atom stereocenters. The van der Waals surface area contributed by atoms with E-state index in [1.807, 2.05) is 18.2 Å². The number of hydrogen-bond acceptors (Lipinski definition) is 2. The largest absolute Gasteiger partial charge is 0.375 e. The van der Waals surface area contributed by atoms with Gasteiger partial charge in [-0.2, -0.15) is 0 Å². The standard InChI is InChI=1S/C13H16BrIN2O/c14-9-5-6-11(15)12(7-9)16-8-13(18)17-10-3-1-2-4-10/h5-7,10,16H,1-4,8H2,(H,17,18). The summed E-state index contributed by atoms with van der Waals surface area (Å²) in [6.45, 7) is 0.336. The monoisotopic (exact) mass is 422 g/mol. The summed E-state index contributed by atoms with van der Waals surface area (Å²) in [5.74, 6) is 0.0812. The molecule has 1 aliphatic rings. The van der Waals surface area contributed by atoms with Crippen LogP contribution in [0.4, 0.5) is 5.69 Å². The van der Waals surface area contributed by atoms with Crippen molar-refractivity contribution in [1.29, 1.82) is 0 Å². The third-order valence-electron chi connectivity index (χ3n) is 3.09. The molecule has 2 N–H and O–H groups in total. The molecule has 1 saturated carbocycles. The van der Waals surface area contributed by atoms with E-state index in [4.69, 9.17) is 0 Å². The maximum atomic E-state index is 11.8. The van der Waals surface area contributed by atoms with Gasteiger partial charge in [0, 0.05) is 19.8 Å². The zero-order chi connectivity index (χ0) is 13.0. The second-order valence-corrected chi connectivity index (χ2v) is 6.60. The van der Waals surface area contributed by atoms with Crippen LogP contribution in [0, 0.1) is 3.57 Å². The molecular weight excluding hydrogens is 407 g/mol. The fourth-order valence-electron chi connectivity index (χ4n) is 2.16. The summed E-state index contributed by atoms with van der Waals surface area (Å²) in [4.78, 5) is 11.8. The van der Waals surface area contributed by atoms with Crippen molar-refractivity contribution < 1.29 is 4.79 Å². The molecule has 0 unspecified atom stereocenters. The van der Waals surface area contributed by atoms with Crippen molar-refractivity contribution >= 4 is 50.1 Å². The van der Waals surface area contributed by atoms with E-state index in [0.717, 1.165) is 26.6 Å². The highest BCUT2D eigenvalue weighted by atomic mass is 127. The molecule has 5 heteroatoms. The summed E-state index contributed by atoms with van der Waals surface area (Å²) < 4.78 is 2.13. The summed E-state index contributed by atoms with van der Waals surface area (Å²) in [5, 5.41) is 6.25. The van der Waals surface area contributed by atoms with Crippen LogP contribution in [0.5, 0.6) is 0 Å². The molecule has 0 heterocycles. The van der Waals surface area contributed by atoms with Crippen LogP contribution >= 0.6 is 38.5 Å². The zero-order valence-corrected chi connectivity index (χ0v) is 13.8. The Labute approximate surface area is 129 Å². The van der Waals surface area contributed by atoms with E-state index < -0.39 is 0 Å². The first-order chi connectivity index (χ1) is 8.65. The van der Waals surface area contributed by atoms with Crippen molar-refractivity contribution in [1.82, 2.24) is 5.32 Å². The molecule has 0 radical (unpaired) electrons. The Bertz CT molecular complexity index is 433. The Morgan fingerprint density at radius 3 is 2.83 bits per heavy atom. The van der Waals surface area contributed by atoms with Gasteiger partial charge in [-0.15, -0.1) is 0 Å². The first-order valence-corrected chi connectivity index (χ1v) is 8.00. The molecule has 1 aromatic rings. The molecule has 0 aromatic heterocycles. The Kier molecular flexibility index (Phi) is 5.29. The molecule has 0 bridgehead atoms. The van der Waals surface area contributed by atoms with Gasteiger partial charge in [0.15, 0.2) is 0 Å². The van der Waals surface area contributed by atoms with E-state index in [1.165, 1.54) is 12.8 Å². The van der Waals surface area contributed by atoms with Crippen LogP contribution in [0.3, 0.4) is 0 Å². The lowest BCUT2D eigenvalue weighted by molar-refractivity contribution is -0.120. The van der Waals surface area contributed by atoms with Gasteiger partial charge in [-0.3, -0.25) is 4.79 Å². The third kappa shape index (κ3) is 4.12. The SMILES string of the molecule is O=C(CNc1cc(Br)ccc1I)NC1CCCC1. The predicted octanol–water partition coefficient (Wildman–Crippen LogP) is 3.52. The lowest BCUT2D eigenvalue weighted by Gasteiger charge is -2.13. The van der Waals surface area contributed by atoms with Gasteiger partial charge in [0.05, 0.1) is 6.54 Å². The van der Waals surface area contributed by atoms with Crippen molar-refractivity contribution in [3.05, 3.63) is 26.2 Å². The van der Waals surface area contributed by atoms with Crippen LogP contribution in [0.25, 0.3) is 0 Å². The minimum atomic E-state index is 0.0812. The number of amides is 1. The van der Waals surface area contributed by atoms with Crippen molar-refractivity contribution in [2.75, 3.05) is 11.9 Å². The van der Waals surface area contributed by atoms with Crippen molar-refractivity contribution in [2.45, 2.75) is 31.7 Å². The maximum absolute atomic E-state index is 11.8. The smallest absolute Gasteiger partial charge is 0.239 e. The summed E-state index contributed by atoms with van der Waals surface area (Å²) in [6.07, 6.45) is 4.73. The number of hydrogen-bond donors (Lipinski definition) is 2.